The van der Waals surface area contributed by atoms with E-state index in [1.54, 1.807) is 24.3 Å². The second-order valence-electron chi connectivity index (χ2n) is 9.39. The normalized spacial score (nSPS) is 21.8. The molecule has 2 aromatic carbocycles. The molecule has 2 aliphatic rings. The molecule has 0 amide bonds. The average Bonchev–Trinajstić information content (AvgIpc) is 3.22. The molecule has 7 nitrogen and oxygen atoms in total. The highest BCUT2D eigenvalue weighted by Gasteiger charge is 2.50. The predicted octanol–water partition coefficient (Wildman–Crippen LogP) is 3.75. The summed E-state index contributed by atoms with van der Waals surface area (Å²) in [5.74, 6) is 0.811. The minimum Gasteiger partial charge on any atom is -0.508 e. The van der Waals surface area contributed by atoms with E-state index in [0.29, 0.717) is 17.1 Å². The number of carbonyl (C=O) groups is 1. The SMILES string of the molecule is CC1(C)CNCCN1C1(C=Cc2ccccc2)NNc2nc(-c3ccc(O)cc3)cc(C=O)c21. The minimum absolute atomic E-state index is 0.186. The molecule has 0 saturated carbocycles. The first-order valence-corrected chi connectivity index (χ1v) is 11.5. The second-order valence-corrected chi connectivity index (χ2v) is 9.39. The van der Waals surface area contributed by atoms with Gasteiger partial charge in [-0.3, -0.25) is 9.69 Å². The van der Waals surface area contributed by atoms with Gasteiger partial charge in [0.2, 0.25) is 0 Å². The summed E-state index contributed by atoms with van der Waals surface area (Å²) >= 11 is 0. The quantitative estimate of drug-likeness (QED) is 0.436. The third-order valence-corrected chi connectivity index (χ3v) is 6.64. The monoisotopic (exact) mass is 455 g/mol. The molecule has 0 aliphatic carbocycles. The van der Waals surface area contributed by atoms with Crippen LogP contribution in [0, 0.1) is 0 Å². The molecule has 1 unspecified atom stereocenters. The van der Waals surface area contributed by atoms with Crippen LogP contribution in [0.15, 0.2) is 66.7 Å². The zero-order chi connectivity index (χ0) is 23.8. The number of hydrogen-bond donors (Lipinski definition) is 4. The molecule has 0 radical (unpaired) electrons. The van der Waals surface area contributed by atoms with Crippen molar-refractivity contribution < 1.29 is 9.90 Å². The van der Waals surface area contributed by atoms with Crippen LogP contribution < -0.4 is 16.2 Å². The number of pyridine rings is 1. The fourth-order valence-corrected chi connectivity index (χ4v) is 4.98. The van der Waals surface area contributed by atoms with E-state index in [0.717, 1.165) is 42.6 Å². The van der Waals surface area contributed by atoms with Crippen LogP contribution in [0.1, 0.15) is 35.3 Å². The minimum atomic E-state index is -0.770. The highest BCUT2D eigenvalue weighted by molar-refractivity contribution is 5.85. The summed E-state index contributed by atoms with van der Waals surface area (Å²) in [6.45, 7) is 6.86. The Morgan fingerprint density at radius 2 is 1.85 bits per heavy atom. The Bertz CT molecular complexity index is 1220. The number of fused-ring (bicyclic) bond motifs is 1. The summed E-state index contributed by atoms with van der Waals surface area (Å²) < 4.78 is 0. The van der Waals surface area contributed by atoms with E-state index < -0.39 is 5.66 Å². The molecule has 4 N–H and O–H groups in total. The van der Waals surface area contributed by atoms with Crippen molar-refractivity contribution >= 4 is 18.2 Å². The number of rotatable bonds is 5. The maximum absolute atomic E-state index is 12.4. The van der Waals surface area contributed by atoms with Gasteiger partial charge in [0.1, 0.15) is 17.2 Å². The number of anilines is 1. The van der Waals surface area contributed by atoms with E-state index in [1.807, 2.05) is 24.3 Å². The number of carbonyl (C=O) groups excluding carboxylic acids is 1. The molecule has 0 bridgehead atoms. The zero-order valence-corrected chi connectivity index (χ0v) is 19.4. The summed E-state index contributed by atoms with van der Waals surface area (Å²) in [5.41, 5.74) is 9.75. The predicted molar refractivity (Wildman–Crippen MR) is 134 cm³/mol. The Hall–Kier alpha value is -3.52. The molecule has 1 aromatic heterocycles. The lowest BCUT2D eigenvalue weighted by Crippen LogP contribution is -2.67. The molecule has 34 heavy (non-hydrogen) atoms. The van der Waals surface area contributed by atoms with E-state index in [2.05, 4.69) is 59.2 Å². The van der Waals surface area contributed by atoms with Gasteiger partial charge < -0.3 is 15.8 Å². The number of benzene rings is 2. The zero-order valence-electron chi connectivity index (χ0n) is 19.4. The van der Waals surface area contributed by atoms with Crippen LogP contribution in [0.25, 0.3) is 17.3 Å². The number of hydrogen-bond acceptors (Lipinski definition) is 7. The first-order valence-electron chi connectivity index (χ1n) is 11.5. The molecule has 5 rings (SSSR count). The summed E-state index contributed by atoms with van der Waals surface area (Å²) in [7, 11) is 0. The molecule has 1 fully saturated rings. The summed E-state index contributed by atoms with van der Waals surface area (Å²) in [4.78, 5) is 19.7. The van der Waals surface area contributed by atoms with Gasteiger partial charge in [0.25, 0.3) is 0 Å². The molecule has 3 heterocycles. The number of aromatic hydroxyl groups is 1. The van der Waals surface area contributed by atoms with Crippen molar-refractivity contribution in [3.05, 3.63) is 83.4 Å². The smallest absolute Gasteiger partial charge is 0.150 e. The first kappa shape index (κ1) is 22.3. The molecule has 174 valence electrons. The summed E-state index contributed by atoms with van der Waals surface area (Å²) in [5, 5.41) is 13.1. The van der Waals surface area contributed by atoms with Crippen molar-refractivity contribution in [2.24, 2.45) is 0 Å². The van der Waals surface area contributed by atoms with Crippen molar-refractivity contribution in [2.45, 2.75) is 25.0 Å². The van der Waals surface area contributed by atoms with Crippen LogP contribution in [0.4, 0.5) is 5.82 Å². The van der Waals surface area contributed by atoms with Gasteiger partial charge in [-0.15, -0.1) is 0 Å². The Balaban J connectivity index is 1.68. The lowest BCUT2D eigenvalue weighted by molar-refractivity contribution is -0.00830. The number of aromatic nitrogens is 1. The number of piperazine rings is 1. The van der Waals surface area contributed by atoms with Crippen LogP contribution in [-0.4, -0.2) is 46.4 Å². The fourth-order valence-electron chi connectivity index (χ4n) is 4.98. The van der Waals surface area contributed by atoms with Gasteiger partial charge in [0, 0.05) is 41.9 Å². The lowest BCUT2D eigenvalue weighted by atomic mass is 9.87. The van der Waals surface area contributed by atoms with Crippen molar-refractivity contribution in [1.82, 2.24) is 20.6 Å². The highest BCUT2D eigenvalue weighted by atomic mass is 16.3. The topological polar surface area (TPSA) is 89.5 Å². The van der Waals surface area contributed by atoms with Crippen molar-refractivity contribution in [3.63, 3.8) is 0 Å². The Kier molecular flexibility index (Phi) is 5.69. The number of aldehydes is 1. The van der Waals surface area contributed by atoms with Crippen molar-refractivity contribution in [1.29, 1.82) is 0 Å². The van der Waals surface area contributed by atoms with Crippen LogP contribution in [0.5, 0.6) is 5.75 Å². The second kappa shape index (κ2) is 8.68. The third kappa shape index (κ3) is 3.88. The van der Waals surface area contributed by atoms with Crippen LogP contribution in [0.2, 0.25) is 0 Å². The maximum atomic E-state index is 12.4. The molecule has 3 aromatic rings. The van der Waals surface area contributed by atoms with Gasteiger partial charge in [-0.2, -0.15) is 0 Å². The number of nitrogens with one attached hydrogen (secondary N) is 3. The summed E-state index contributed by atoms with van der Waals surface area (Å²) in [6.07, 6.45) is 5.12. The molecular formula is C27H29N5O2. The van der Waals surface area contributed by atoms with Crippen molar-refractivity contribution in [2.75, 3.05) is 25.1 Å². The third-order valence-electron chi connectivity index (χ3n) is 6.64. The molecular weight excluding hydrogens is 426 g/mol. The molecule has 1 saturated heterocycles. The van der Waals surface area contributed by atoms with E-state index in [-0.39, 0.29) is 11.3 Å². The number of nitrogens with zero attached hydrogens (tertiary/aromatic N) is 2. The van der Waals surface area contributed by atoms with Crippen LogP contribution in [-0.2, 0) is 5.66 Å². The maximum Gasteiger partial charge on any atom is 0.150 e. The van der Waals surface area contributed by atoms with E-state index in [4.69, 9.17) is 4.98 Å². The largest absolute Gasteiger partial charge is 0.508 e. The first-order chi connectivity index (χ1) is 16.4. The van der Waals surface area contributed by atoms with E-state index >= 15 is 0 Å². The summed E-state index contributed by atoms with van der Waals surface area (Å²) in [6, 6.07) is 18.8. The van der Waals surface area contributed by atoms with E-state index in [1.165, 1.54) is 0 Å². The van der Waals surface area contributed by atoms with Gasteiger partial charge in [-0.25, -0.2) is 10.4 Å². The van der Waals surface area contributed by atoms with Gasteiger partial charge >= 0.3 is 0 Å². The number of hydrazine groups is 1. The average molecular weight is 456 g/mol. The Labute approximate surface area is 199 Å². The van der Waals surface area contributed by atoms with Gasteiger partial charge in [-0.1, -0.05) is 36.4 Å². The standard InChI is InChI=1S/C27H29N5O2/c1-26(2)18-28-14-15-32(26)27(13-12-19-6-4-3-5-7-19)24-21(17-33)16-23(29-25(24)30-31-27)20-8-10-22(34)11-9-20/h3-13,16-17,28,31,34H,14-15,18H2,1-2H3,(H,29,30). The van der Waals surface area contributed by atoms with Crippen molar-refractivity contribution in [3.8, 4) is 17.0 Å². The molecule has 0 spiro atoms. The molecule has 2 aliphatic heterocycles. The fraction of sp³-hybridized carbons (Fsp3) is 0.259. The number of phenolic OH excluding ortho intramolecular Hbond substituents is 1. The Morgan fingerprint density at radius 3 is 2.56 bits per heavy atom. The molecule has 7 heteroatoms. The molecule has 1 atom stereocenters. The highest BCUT2D eigenvalue weighted by Crippen LogP contribution is 2.43. The van der Waals surface area contributed by atoms with E-state index in [9.17, 15) is 9.90 Å². The van der Waals surface area contributed by atoms with Gasteiger partial charge in [-0.05, 0) is 55.8 Å². The van der Waals surface area contributed by atoms with Gasteiger partial charge in [0.15, 0.2) is 6.29 Å². The van der Waals surface area contributed by atoms with Crippen LogP contribution in [0.3, 0.4) is 0 Å². The number of phenols is 1. The van der Waals surface area contributed by atoms with Crippen LogP contribution >= 0.6 is 0 Å². The van der Waals surface area contributed by atoms with Gasteiger partial charge in [0.05, 0.1) is 5.69 Å². The Morgan fingerprint density at radius 1 is 1.09 bits per heavy atom. The lowest BCUT2D eigenvalue weighted by Gasteiger charge is -2.51.